The number of rotatable bonds is 5. The molecule has 0 aromatic heterocycles. The predicted molar refractivity (Wildman–Crippen MR) is 70.3 cm³/mol. The second-order valence-electron chi connectivity index (χ2n) is 5.13. The highest BCUT2D eigenvalue weighted by Gasteiger charge is 2.23. The molecule has 0 aromatic rings. The van der Waals surface area contributed by atoms with Crippen LogP contribution in [-0.2, 0) is 0 Å². The Labute approximate surface area is 101 Å². The van der Waals surface area contributed by atoms with Crippen molar-refractivity contribution in [3.63, 3.8) is 0 Å². The predicted octanol–water partition coefficient (Wildman–Crippen LogP) is 2.11. The summed E-state index contributed by atoms with van der Waals surface area (Å²) >= 11 is 0. The highest BCUT2D eigenvalue weighted by Crippen LogP contribution is 2.19. The van der Waals surface area contributed by atoms with E-state index in [1.807, 2.05) is 0 Å². The van der Waals surface area contributed by atoms with Crippen molar-refractivity contribution in [3.05, 3.63) is 0 Å². The van der Waals surface area contributed by atoms with Crippen LogP contribution < -0.4 is 5.32 Å². The molecule has 2 heteroatoms. The lowest BCUT2D eigenvalue weighted by atomic mass is 9.91. The first-order valence-electron chi connectivity index (χ1n) is 6.58. The largest absolute Gasteiger partial charge is 0.306 e. The summed E-state index contributed by atoms with van der Waals surface area (Å²) in [6, 6.07) is 0.794. The summed E-state index contributed by atoms with van der Waals surface area (Å²) in [6.45, 7) is 6.92. The molecule has 3 unspecified atom stereocenters. The molecule has 1 rings (SSSR count). The van der Waals surface area contributed by atoms with Gasteiger partial charge in [-0.1, -0.05) is 19.3 Å². The monoisotopic (exact) mass is 222 g/mol. The van der Waals surface area contributed by atoms with Crippen LogP contribution in [0.5, 0.6) is 0 Å². The molecule has 1 N–H and O–H groups in total. The number of likely N-dealkylation sites (tertiary alicyclic amines) is 1. The summed E-state index contributed by atoms with van der Waals surface area (Å²) in [5.41, 5.74) is 0. The van der Waals surface area contributed by atoms with Crippen LogP contribution in [0.4, 0.5) is 0 Å². The van der Waals surface area contributed by atoms with E-state index in [0.717, 1.165) is 18.8 Å². The van der Waals surface area contributed by atoms with Crippen molar-refractivity contribution in [1.29, 1.82) is 0 Å². The summed E-state index contributed by atoms with van der Waals surface area (Å²) < 4.78 is 0. The Bertz CT molecular complexity index is 231. The van der Waals surface area contributed by atoms with Crippen LogP contribution in [0.3, 0.4) is 0 Å². The second-order valence-corrected chi connectivity index (χ2v) is 5.13. The molecule has 16 heavy (non-hydrogen) atoms. The number of hydrogen-bond acceptors (Lipinski definition) is 2. The zero-order chi connectivity index (χ0) is 12.0. The minimum absolute atomic E-state index is 0.257. The van der Waals surface area contributed by atoms with Crippen molar-refractivity contribution in [3.8, 4) is 12.3 Å². The fourth-order valence-corrected chi connectivity index (χ4v) is 2.57. The molecule has 1 heterocycles. The normalized spacial score (nSPS) is 26.0. The Kier molecular flexibility index (Phi) is 5.87. The van der Waals surface area contributed by atoms with E-state index in [4.69, 9.17) is 6.42 Å². The van der Waals surface area contributed by atoms with E-state index >= 15 is 0 Å². The molecule has 0 saturated carbocycles. The minimum atomic E-state index is 0.257. The van der Waals surface area contributed by atoms with E-state index in [0.29, 0.717) is 6.04 Å². The summed E-state index contributed by atoms with van der Waals surface area (Å²) in [4.78, 5) is 2.43. The molecule has 1 aliphatic rings. The number of nitrogens with one attached hydrogen (secondary N) is 1. The highest BCUT2D eigenvalue weighted by atomic mass is 15.1. The Balaban J connectivity index is 2.38. The van der Waals surface area contributed by atoms with E-state index < -0.39 is 0 Å². The van der Waals surface area contributed by atoms with Gasteiger partial charge in [0.25, 0.3) is 0 Å². The van der Waals surface area contributed by atoms with Gasteiger partial charge in [-0.05, 0) is 45.7 Å². The molecule has 0 spiro atoms. The van der Waals surface area contributed by atoms with Gasteiger partial charge in [-0.2, -0.15) is 0 Å². The van der Waals surface area contributed by atoms with E-state index in [2.05, 4.69) is 37.0 Å². The molecular weight excluding hydrogens is 196 g/mol. The van der Waals surface area contributed by atoms with Crippen LogP contribution in [0.25, 0.3) is 0 Å². The van der Waals surface area contributed by atoms with Crippen molar-refractivity contribution in [1.82, 2.24) is 10.2 Å². The third kappa shape index (κ3) is 4.15. The maximum Gasteiger partial charge on any atom is 0.0688 e. The van der Waals surface area contributed by atoms with Crippen LogP contribution in [0.1, 0.15) is 39.5 Å². The lowest BCUT2D eigenvalue weighted by molar-refractivity contribution is 0.175. The van der Waals surface area contributed by atoms with Gasteiger partial charge in [-0.25, -0.2) is 0 Å². The Morgan fingerprint density at radius 3 is 2.88 bits per heavy atom. The van der Waals surface area contributed by atoms with Crippen LogP contribution in [-0.4, -0.2) is 37.1 Å². The summed E-state index contributed by atoms with van der Waals surface area (Å²) in [7, 11) is 2.21. The SMILES string of the molecule is C#CC(CCC)NC(C)C1CCCN(C)C1. The molecule has 1 aliphatic heterocycles. The standard InChI is InChI=1S/C14H26N2/c1-5-8-14(6-2)15-12(3)13-9-7-10-16(4)11-13/h2,12-15H,5,7-11H2,1,3-4H3. The number of hydrogen-bond donors (Lipinski definition) is 1. The number of terminal acetylenes is 1. The molecule has 1 saturated heterocycles. The van der Waals surface area contributed by atoms with Crippen LogP contribution >= 0.6 is 0 Å². The first kappa shape index (κ1) is 13.5. The van der Waals surface area contributed by atoms with E-state index in [-0.39, 0.29) is 6.04 Å². The first-order valence-corrected chi connectivity index (χ1v) is 6.58. The second kappa shape index (κ2) is 6.93. The topological polar surface area (TPSA) is 15.3 Å². The van der Waals surface area contributed by atoms with E-state index in [1.165, 1.54) is 25.9 Å². The van der Waals surface area contributed by atoms with Gasteiger partial charge in [-0.15, -0.1) is 6.42 Å². The van der Waals surface area contributed by atoms with Gasteiger partial charge in [0, 0.05) is 12.6 Å². The van der Waals surface area contributed by atoms with Gasteiger partial charge in [0.1, 0.15) is 0 Å². The Morgan fingerprint density at radius 1 is 1.56 bits per heavy atom. The van der Waals surface area contributed by atoms with Crippen molar-refractivity contribution in [2.75, 3.05) is 20.1 Å². The maximum absolute atomic E-state index is 5.54. The fraction of sp³-hybridized carbons (Fsp3) is 0.857. The molecular formula is C14H26N2. The fourth-order valence-electron chi connectivity index (χ4n) is 2.57. The average molecular weight is 222 g/mol. The van der Waals surface area contributed by atoms with Gasteiger partial charge in [0.15, 0.2) is 0 Å². The third-order valence-corrected chi connectivity index (χ3v) is 3.61. The Morgan fingerprint density at radius 2 is 2.31 bits per heavy atom. The molecule has 0 radical (unpaired) electrons. The van der Waals surface area contributed by atoms with Gasteiger partial charge < -0.3 is 10.2 Å². The van der Waals surface area contributed by atoms with E-state index in [9.17, 15) is 0 Å². The quantitative estimate of drug-likeness (QED) is 0.717. The van der Waals surface area contributed by atoms with Crippen molar-refractivity contribution >= 4 is 0 Å². The molecule has 0 aromatic carbocycles. The van der Waals surface area contributed by atoms with Crippen molar-refractivity contribution < 1.29 is 0 Å². The van der Waals surface area contributed by atoms with Crippen LogP contribution in [0.2, 0.25) is 0 Å². The molecule has 0 bridgehead atoms. The summed E-state index contributed by atoms with van der Waals surface area (Å²) in [5.74, 6) is 3.62. The zero-order valence-electron chi connectivity index (χ0n) is 11.0. The van der Waals surface area contributed by atoms with Crippen molar-refractivity contribution in [2.24, 2.45) is 5.92 Å². The van der Waals surface area contributed by atoms with Crippen LogP contribution in [0, 0.1) is 18.3 Å². The maximum atomic E-state index is 5.54. The molecule has 0 aliphatic carbocycles. The smallest absolute Gasteiger partial charge is 0.0688 e. The molecule has 1 fully saturated rings. The Hall–Kier alpha value is -0.520. The van der Waals surface area contributed by atoms with Gasteiger partial charge in [-0.3, -0.25) is 0 Å². The van der Waals surface area contributed by atoms with Gasteiger partial charge in [0.05, 0.1) is 6.04 Å². The third-order valence-electron chi connectivity index (χ3n) is 3.61. The summed E-state index contributed by atoms with van der Waals surface area (Å²) in [6.07, 6.45) is 10.4. The van der Waals surface area contributed by atoms with Crippen LogP contribution in [0.15, 0.2) is 0 Å². The highest BCUT2D eigenvalue weighted by molar-refractivity contribution is 5.00. The van der Waals surface area contributed by atoms with Gasteiger partial charge in [0.2, 0.25) is 0 Å². The van der Waals surface area contributed by atoms with Crippen molar-refractivity contribution in [2.45, 2.75) is 51.6 Å². The number of nitrogens with zero attached hydrogens (tertiary/aromatic N) is 1. The lowest BCUT2D eigenvalue weighted by Crippen LogP contribution is -2.46. The summed E-state index contributed by atoms with van der Waals surface area (Å²) in [5, 5.41) is 3.60. The van der Waals surface area contributed by atoms with E-state index in [1.54, 1.807) is 0 Å². The zero-order valence-corrected chi connectivity index (χ0v) is 11.0. The van der Waals surface area contributed by atoms with Gasteiger partial charge >= 0.3 is 0 Å². The first-order chi connectivity index (χ1) is 7.67. The molecule has 92 valence electrons. The average Bonchev–Trinajstić information content (AvgIpc) is 2.28. The lowest BCUT2D eigenvalue weighted by Gasteiger charge is -2.35. The molecule has 3 atom stereocenters. The number of piperidine rings is 1. The molecule has 2 nitrogen and oxygen atoms in total. The minimum Gasteiger partial charge on any atom is -0.306 e. The molecule has 0 amide bonds.